The van der Waals surface area contributed by atoms with Crippen LogP contribution in [0.4, 0.5) is 5.69 Å². The molecule has 3 heteroatoms. The van der Waals surface area contributed by atoms with Crippen LogP contribution in [0.5, 0.6) is 0 Å². The number of benzene rings is 2. The van der Waals surface area contributed by atoms with Crippen LogP contribution in [-0.4, -0.2) is 12.1 Å². The van der Waals surface area contributed by atoms with Crippen LogP contribution in [0.15, 0.2) is 59.2 Å². The molecule has 0 saturated carbocycles. The maximum atomic E-state index is 11.9. The summed E-state index contributed by atoms with van der Waals surface area (Å²) in [5.74, 6) is 0.0938. The van der Waals surface area contributed by atoms with Gasteiger partial charge in [-0.2, -0.15) is 0 Å². The van der Waals surface area contributed by atoms with E-state index in [2.05, 4.69) is 61.8 Å². The van der Waals surface area contributed by atoms with Crippen LogP contribution >= 0.6 is 0 Å². The van der Waals surface area contributed by atoms with Gasteiger partial charge in [0.2, 0.25) is 5.91 Å². The molecule has 2 aromatic carbocycles. The highest BCUT2D eigenvalue weighted by Gasteiger charge is 2.22. The second kappa shape index (κ2) is 9.50. The minimum Gasteiger partial charge on any atom is -0.326 e. The maximum Gasteiger partial charge on any atom is 0.224 e. The minimum absolute atomic E-state index is 0.0311. The molecule has 146 valence electrons. The predicted octanol–water partition coefficient (Wildman–Crippen LogP) is 6.31. The van der Waals surface area contributed by atoms with Crippen LogP contribution < -0.4 is 5.32 Å². The van der Waals surface area contributed by atoms with Gasteiger partial charge in [0.05, 0.1) is 5.92 Å². The zero-order valence-electron chi connectivity index (χ0n) is 17.2. The Morgan fingerprint density at radius 2 is 1.89 bits per heavy atom. The van der Waals surface area contributed by atoms with Gasteiger partial charge in [0.25, 0.3) is 0 Å². The van der Waals surface area contributed by atoms with Crippen molar-refractivity contribution in [3.63, 3.8) is 0 Å². The van der Waals surface area contributed by atoms with Crippen molar-refractivity contribution >= 4 is 17.8 Å². The molecule has 2 aromatic rings. The van der Waals surface area contributed by atoms with E-state index in [0.717, 1.165) is 29.8 Å². The van der Waals surface area contributed by atoms with Crippen molar-refractivity contribution in [1.82, 2.24) is 0 Å². The number of hydrogen-bond donors (Lipinski definition) is 1. The molecule has 0 aromatic heterocycles. The molecule has 1 amide bonds. The Balaban J connectivity index is 2.10. The van der Waals surface area contributed by atoms with Crippen molar-refractivity contribution in [1.29, 1.82) is 0 Å². The van der Waals surface area contributed by atoms with Crippen molar-refractivity contribution in [3.8, 4) is 0 Å². The minimum atomic E-state index is 0.0311. The van der Waals surface area contributed by atoms with E-state index in [9.17, 15) is 4.79 Å². The summed E-state index contributed by atoms with van der Waals surface area (Å²) in [5.41, 5.74) is 6.97. The van der Waals surface area contributed by atoms with Gasteiger partial charge in [-0.15, -0.1) is 0 Å². The first-order chi connectivity index (χ1) is 13.6. The van der Waals surface area contributed by atoms with Crippen LogP contribution in [0, 0.1) is 13.8 Å². The Labute approximate surface area is 168 Å². The van der Waals surface area contributed by atoms with Crippen molar-refractivity contribution < 1.29 is 4.79 Å². The molecule has 0 saturated heterocycles. The lowest BCUT2D eigenvalue weighted by atomic mass is 9.84. The van der Waals surface area contributed by atoms with E-state index in [1.165, 1.54) is 29.5 Å². The summed E-state index contributed by atoms with van der Waals surface area (Å²) in [6.45, 7) is 6.21. The van der Waals surface area contributed by atoms with E-state index < -0.39 is 0 Å². The first-order valence-corrected chi connectivity index (χ1v) is 10.3. The summed E-state index contributed by atoms with van der Waals surface area (Å²) in [6.07, 6.45) is 9.30. The van der Waals surface area contributed by atoms with Crippen molar-refractivity contribution in [2.24, 2.45) is 4.99 Å². The van der Waals surface area contributed by atoms with E-state index in [1.54, 1.807) is 0 Å². The van der Waals surface area contributed by atoms with E-state index in [1.807, 2.05) is 19.1 Å². The molecule has 1 atom stereocenters. The fraction of sp³-hybridized carbons (Fsp3) is 0.360. The molecule has 1 N–H and O–H groups in total. The zero-order chi connectivity index (χ0) is 19.9. The molecule has 3 rings (SSSR count). The molecule has 1 heterocycles. The fourth-order valence-electron chi connectivity index (χ4n) is 3.69. The third-order valence-corrected chi connectivity index (χ3v) is 5.46. The fourth-order valence-corrected chi connectivity index (χ4v) is 3.69. The molecule has 0 aliphatic carbocycles. The van der Waals surface area contributed by atoms with Gasteiger partial charge in [0.15, 0.2) is 0 Å². The molecule has 0 radical (unpaired) electrons. The molecular weight excluding hydrogens is 344 g/mol. The lowest BCUT2D eigenvalue weighted by Gasteiger charge is -2.23. The second-order valence-corrected chi connectivity index (χ2v) is 7.47. The highest BCUT2D eigenvalue weighted by Crippen LogP contribution is 2.37. The summed E-state index contributed by atoms with van der Waals surface area (Å²) in [7, 11) is 0. The van der Waals surface area contributed by atoms with E-state index in [-0.39, 0.29) is 11.8 Å². The van der Waals surface area contributed by atoms with Crippen LogP contribution in [0.25, 0.3) is 0 Å². The Kier molecular flexibility index (Phi) is 6.80. The summed E-state index contributed by atoms with van der Waals surface area (Å²) in [6, 6.07) is 14.7. The molecule has 3 nitrogen and oxygen atoms in total. The third kappa shape index (κ3) is 4.78. The Morgan fingerprint density at radius 1 is 1.11 bits per heavy atom. The van der Waals surface area contributed by atoms with Gasteiger partial charge < -0.3 is 5.32 Å². The van der Waals surface area contributed by atoms with Crippen molar-refractivity contribution in [3.05, 3.63) is 76.5 Å². The first-order valence-electron chi connectivity index (χ1n) is 10.3. The molecule has 1 unspecified atom stereocenters. The number of aryl methyl sites for hydroxylation is 1. The second-order valence-electron chi connectivity index (χ2n) is 7.47. The van der Waals surface area contributed by atoms with E-state index in [4.69, 9.17) is 4.99 Å². The lowest BCUT2D eigenvalue weighted by molar-refractivity contribution is -0.115. The summed E-state index contributed by atoms with van der Waals surface area (Å²) < 4.78 is 0. The molecule has 1 aliphatic rings. The van der Waals surface area contributed by atoms with Crippen LogP contribution in [0.1, 0.15) is 67.2 Å². The highest BCUT2D eigenvalue weighted by molar-refractivity contribution is 5.90. The van der Waals surface area contributed by atoms with E-state index >= 15 is 0 Å². The average molecular weight is 375 g/mol. The Hall–Kier alpha value is -2.68. The maximum absolute atomic E-state index is 11.9. The highest BCUT2D eigenvalue weighted by atomic mass is 16.1. The van der Waals surface area contributed by atoms with E-state index in [0.29, 0.717) is 6.42 Å². The molecule has 0 fully saturated rings. The van der Waals surface area contributed by atoms with Gasteiger partial charge in [-0.25, -0.2) is 0 Å². The van der Waals surface area contributed by atoms with Crippen LogP contribution in [0.2, 0.25) is 0 Å². The summed E-state index contributed by atoms with van der Waals surface area (Å²) in [4.78, 5) is 16.7. The zero-order valence-corrected chi connectivity index (χ0v) is 17.2. The number of carbonyl (C=O) groups excluding carboxylic acids is 1. The standard InChI is InChI=1S/C25H30N2O/c1-4-24(28)27-21-13-10-12-20(17-21)25(22-14-9-11-18(2)19(22)3)23-15-7-5-6-8-16-26-23/h9-17,25H,4-8H2,1-3H3,(H,27,28)/b23-15-,26-16?. The number of aliphatic imine (C=N–C) groups is 1. The number of nitrogens with zero attached hydrogens (tertiary/aromatic N) is 1. The number of rotatable bonds is 5. The molecule has 0 bridgehead atoms. The van der Waals surface area contributed by atoms with Crippen LogP contribution in [0.3, 0.4) is 0 Å². The summed E-state index contributed by atoms with van der Waals surface area (Å²) in [5, 5.41) is 2.99. The Bertz CT molecular complexity index is 895. The van der Waals surface area contributed by atoms with Crippen LogP contribution in [-0.2, 0) is 4.79 Å². The number of hydrogen-bond acceptors (Lipinski definition) is 2. The SMILES string of the molecule is CCC(=O)Nc1cccc(C(/C2=C/CCCCC=N2)c2cccc(C)c2C)c1. The molecule has 1 aliphatic heterocycles. The number of amides is 1. The third-order valence-electron chi connectivity index (χ3n) is 5.46. The normalized spacial score (nSPS) is 17.2. The number of anilines is 1. The molecular formula is C25H30N2O. The number of nitrogens with one attached hydrogen (secondary N) is 1. The average Bonchev–Trinajstić information content (AvgIpc) is 2.67. The topological polar surface area (TPSA) is 41.5 Å². The molecule has 28 heavy (non-hydrogen) atoms. The van der Waals surface area contributed by atoms with Gasteiger partial charge in [0, 0.05) is 24.0 Å². The number of carbonyl (C=O) groups is 1. The predicted molar refractivity (Wildman–Crippen MR) is 118 cm³/mol. The van der Waals surface area contributed by atoms with Gasteiger partial charge in [-0.05, 0) is 73.9 Å². The van der Waals surface area contributed by atoms with Crippen molar-refractivity contribution in [2.75, 3.05) is 5.32 Å². The lowest BCUT2D eigenvalue weighted by Crippen LogP contribution is -2.11. The van der Waals surface area contributed by atoms with Crippen molar-refractivity contribution in [2.45, 2.75) is 58.8 Å². The van der Waals surface area contributed by atoms with Gasteiger partial charge in [0.1, 0.15) is 0 Å². The monoisotopic (exact) mass is 374 g/mol. The smallest absolute Gasteiger partial charge is 0.224 e. The summed E-state index contributed by atoms with van der Waals surface area (Å²) >= 11 is 0. The first kappa shape index (κ1) is 20.1. The van der Waals surface area contributed by atoms with Gasteiger partial charge >= 0.3 is 0 Å². The number of allylic oxidation sites excluding steroid dienone is 2. The quantitative estimate of drug-likeness (QED) is 0.654. The van der Waals surface area contributed by atoms with Gasteiger partial charge in [-0.3, -0.25) is 9.79 Å². The molecule has 0 spiro atoms. The largest absolute Gasteiger partial charge is 0.326 e. The van der Waals surface area contributed by atoms with Gasteiger partial charge in [-0.1, -0.05) is 43.3 Å². The Morgan fingerprint density at radius 3 is 2.71 bits per heavy atom.